The second kappa shape index (κ2) is 12.0. The number of rotatable bonds is 11. The minimum absolute atomic E-state index is 0.132. The number of halogens is 1. The summed E-state index contributed by atoms with van der Waals surface area (Å²) in [5.41, 5.74) is 7.86. The zero-order valence-electron chi connectivity index (χ0n) is 19.8. The van der Waals surface area contributed by atoms with Crippen LogP contribution in [0.3, 0.4) is 0 Å². The Balaban J connectivity index is 1.68. The smallest absolute Gasteiger partial charge is 0.315 e. The van der Waals surface area contributed by atoms with Gasteiger partial charge in [0.15, 0.2) is 11.5 Å². The molecule has 3 amide bonds. The van der Waals surface area contributed by atoms with Gasteiger partial charge in [-0.15, -0.1) is 0 Å². The quantitative estimate of drug-likeness (QED) is 0.379. The fourth-order valence-corrected chi connectivity index (χ4v) is 4.28. The Hall–Kier alpha value is -2.94. The number of amides is 3. The second-order valence-corrected chi connectivity index (χ2v) is 9.41. The molecule has 9 heteroatoms. The van der Waals surface area contributed by atoms with Crippen molar-refractivity contribution >= 4 is 33.8 Å². The molecule has 1 aliphatic rings. The Kier molecular flexibility index (Phi) is 9.04. The second-order valence-electron chi connectivity index (χ2n) is 8.50. The number of aromatic nitrogens is 1. The molecule has 0 bridgehead atoms. The summed E-state index contributed by atoms with van der Waals surface area (Å²) in [5.74, 6) is 0.0865. The van der Waals surface area contributed by atoms with Crippen LogP contribution in [0.1, 0.15) is 62.6 Å². The molecule has 1 aliphatic heterocycles. The first kappa shape index (κ1) is 25.7. The Bertz CT molecular complexity index is 1030. The van der Waals surface area contributed by atoms with Crippen molar-refractivity contribution < 1.29 is 9.59 Å². The summed E-state index contributed by atoms with van der Waals surface area (Å²) in [4.78, 5) is 36.0. The largest absolute Gasteiger partial charge is 0.369 e. The maximum Gasteiger partial charge on any atom is 0.315 e. The Labute approximate surface area is 209 Å². The number of carbonyl (C=O) groups excluding carboxylic acids is 2. The zero-order chi connectivity index (χ0) is 24.6. The van der Waals surface area contributed by atoms with Crippen molar-refractivity contribution in [3.63, 3.8) is 0 Å². The van der Waals surface area contributed by atoms with Crippen LogP contribution in [0.5, 0.6) is 0 Å². The van der Waals surface area contributed by atoms with Gasteiger partial charge in [-0.25, -0.2) is 9.79 Å². The standard InChI is InChI=1S/C25H33BrN6O2/c1-3-5-11-25(20-13-21(26)16-28-15-20)22(33)32(23(27)31-25)17-19-9-7-18(8-10-19)14-30-24(34)29-12-6-4-2/h7-10,13,15-16H,3-6,11-12,14,17H2,1-2H3,(H2,27,31)(H2,29,30,34). The SMILES string of the molecule is CCCCNC(=O)NCc1ccc(CN2C(=O)C(CCCC)(c3cncc(Br)c3)N=C2N)cc1. The molecule has 0 fully saturated rings. The molecule has 0 spiro atoms. The van der Waals surface area contributed by atoms with Crippen LogP contribution in [0.25, 0.3) is 0 Å². The number of benzene rings is 1. The molecule has 0 radical (unpaired) electrons. The van der Waals surface area contributed by atoms with E-state index in [0.717, 1.165) is 46.8 Å². The lowest BCUT2D eigenvalue weighted by Crippen LogP contribution is -2.42. The van der Waals surface area contributed by atoms with Gasteiger partial charge in [0.05, 0.1) is 6.54 Å². The van der Waals surface area contributed by atoms with Crippen molar-refractivity contribution in [1.82, 2.24) is 20.5 Å². The van der Waals surface area contributed by atoms with Gasteiger partial charge in [-0.3, -0.25) is 14.7 Å². The number of unbranched alkanes of at least 4 members (excludes halogenated alkanes) is 2. The lowest BCUT2D eigenvalue weighted by molar-refractivity contribution is -0.132. The summed E-state index contributed by atoms with van der Waals surface area (Å²) in [5, 5.41) is 5.69. The molecule has 0 saturated carbocycles. The minimum Gasteiger partial charge on any atom is -0.369 e. The first-order chi connectivity index (χ1) is 16.4. The number of urea groups is 1. The lowest BCUT2D eigenvalue weighted by Gasteiger charge is -2.26. The molecular formula is C25H33BrN6O2. The lowest BCUT2D eigenvalue weighted by atomic mass is 9.86. The van der Waals surface area contributed by atoms with Crippen LogP contribution < -0.4 is 16.4 Å². The molecule has 2 heterocycles. The fraction of sp³-hybridized carbons (Fsp3) is 0.440. The van der Waals surface area contributed by atoms with Crippen molar-refractivity contribution in [2.45, 2.75) is 64.6 Å². The fourth-order valence-electron chi connectivity index (χ4n) is 3.92. The van der Waals surface area contributed by atoms with Crippen LogP contribution in [0.4, 0.5) is 4.79 Å². The molecule has 1 atom stereocenters. The van der Waals surface area contributed by atoms with Gasteiger partial charge in [-0.05, 0) is 46.0 Å². The minimum atomic E-state index is -1.05. The normalized spacial score (nSPS) is 17.6. The highest BCUT2D eigenvalue weighted by molar-refractivity contribution is 9.10. The molecule has 1 aromatic heterocycles. The average molecular weight is 529 g/mol. The molecule has 4 N–H and O–H groups in total. The van der Waals surface area contributed by atoms with Gasteiger partial charge < -0.3 is 16.4 Å². The van der Waals surface area contributed by atoms with Crippen LogP contribution in [0.15, 0.2) is 52.2 Å². The molecule has 1 aromatic carbocycles. The number of guanidine groups is 1. The summed E-state index contributed by atoms with van der Waals surface area (Å²) in [6.07, 6.45) is 7.74. The molecule has 3 rings (SSSR count). The third-order valence-electron chi connectivity index (χ3n) is 5.89. The topological polar surface area (TPSA) is 113 Å². The van der Waals surface area contributed by atoms with E-state index in [0.29, 0.717) is 26.1 Å². The van der Waals surface area contributed by atoms with Gasteiger partial charge in [0.1, 0.15) is 0 Å². The summed E-state index contributed by atoms with van der Waals surface area (Å²) >= 11 is 3.45. The van der Waals surface area contributed by atoms with Crippen LogP contribution in [-0.4, -0.2) is 34.3 Å². The average Bonchev–Trinajstić information content (AvgIpc) is 3.07. The monoisotopic (exact) mass is 528 g/mol. The molecule has 0 saturated heterocycles. The van der Waals surface area contributed by atoms with Gasteiger partial charge >= 0.3 is 6.03 Å². The Morgan fingerprint density at radius 2 is 1.79 bits per heavy atom. The van der Waals surface area contributed by atoms with Crippen molar-refractivity contribution in [2.24, 2.45) is 10.7 Å². The number of hydrogen-bond acceptors (Lipinski definition) is 5. The molecule has 0 aliphatic carbocycles. The molecule has 2 aromatic rings. The highest BCUT2D eigenvalue weighted by Crippen LogP contribution is 2.38. The third kappa shape index (κ3) is 6.14. The van der Waals surface area contributed by atoms with Crippen molar-refractivity contribution in [2.75, 3.05) is 6.54 Å². The van der Waals surface area contributed by atoms with Gasteiger partial charge in [0, 0.05) is 35.5 Å². The predicted molar refractivity (Wildman–Crippen MR) is 137 cm³/mol. The first-order valence-electron chi connectivity index (χ1n) is 11.8. The maximum absolute atomic E-state index is 13.6. The van der Waals surface area contributed by atoms with E-state index in [1.54, 1.807) is 17.3 Å². The van der Waals surface area contributed by atoms with E-state index in [1.165, 1.54) is 0 Å². The van der Waals surface area contributed by atoms with E-state index in [9.17, 15) is 9.59 Å². The maximum atomic E-state index is 13.6. The van der Waals surface area contributed by atoms with Crippen molar-refractivity contribution in [1.29, 1.82) is 0 Å². The van der Waals surface area contributed by atoms with Crippen LogP contribution >= 0.6 is 15.9 Å². The number of nitrogens with one attached hydrogen (secondary N) is 2. The number of nitrogens with zero attached hydrogens (tertiary/aromatic N) is 3. The molecule has 34 heavy (non-hydrogen) atoms. The van der Waals surface area contributed by atoms with E-state index >= 15 is 0 Å². The predicted octanol–water partition coefficient (Wildman–Crippen LogP) is 4.19. The van der Waals surface area contributed by atoms with E-state index in [-0.39, 0.29) is 17.9 Å². The first-order valence-corrected chi connectivity index (χ1v) is 12.6. The summed E-state index contributed by atoms with van der Waals surface area (Å²) in [7, 11) is 0. The van der Waals surface area contributed by atoms with Crippen LogP contribution in [0.2, 0.25) is 0 Å². The van der Waals surface area contributed by atoms with E-state index in [2.05, 4.69) is 50.4 Å². The van der Waals surface area contributed by atoms with E-state index in [4.69, 9.17) is 5.73 Å². The van der Waals surface area contributed by atoms with Gasteiger partial charge in [0.2, 0.25) is 0 Å². The Morgan fingerprint density at radius 3 is 2.47 bits per heavy atom. The van der Waals surface area contributed by atoms with Gasteiger partial charge in [-0.1, -0.05) is 57.4 Å². The van der Waals surface area contributed by atoms with Gasteiger partial charge in [-0.2, -0.15) is 0 Å². The summed E-state index contributed by atoms with van der Waals surface area (Å²) in [6, 6.07) is 9.49. The summed E-state index contributed by atoms with van der Waals surface area (Å²) < 4.78 is 0.795. The number of nitrogens with two attached hydrogens (primary N) is 1. The van der Waals surface area contributed by atoms with Crippen LogP contribution in [0, 0.1) is 0 Å². The molecule has 182 valence electrons. The number of carbonyl (C=O) groups is 2. The summed E-state index contributed by atoms with van der Waals surface area (Å²) in [6.45, 7) is 5.60. The number of hydrogen-bond donors (Lipinski definition) is 3. The van der Waals surface area contributed by atoms with Crippen LogP contribution in [-0.2, 0) is 23.4 Å². The molecular weight excluding hydrogens is 496 g/mol. The highest BCUT2D eigenvalue weighted by Gasteiger charge is 2.48. The van der Waals surface area contributed by atoms with E-state index < -0.39 is 5.54 Å². The highest BCUT2D eigenvalue weighted by atomic mass is 79.9. The zero-order valence-corrected chi connectivity index (χ0v) is 21.4. The van der Waals surface area contributed by atoms with Gasteiger partial charge in [0.25, 0.3) is 5.91 Å². The molecule has 8 nitrogen and oxygen atoms in total. The number of aliphatic imine (C=N–C) groups is 1. The third-order valence-corrected chi connectivity index (χ3v) is 6.32. The molecule has 1 unspecified atom stereocenters. The van der Waals surface area contributed by atoms with Crippen molar-refractivity contribution in [3.05, 3.63) is 63.9 Å². The number of pyridine rings is 1. The van der Waals surface area contributed by atoms with Crippen molar-refractivity contribution in [3.8, 4) is 0 Å². The van der Waals surface area contributed by atoms with E-state index in [1.807, 2.05) is 30.3 Å². The Morgan fingerprint density at radius 1 is 1.09 bits per heavy atom.